The molecule has 0 radical (unpaired) electrons. The van der Waals surface area contributed by atoms with Gasteiger partial charge in [0.1, 0.15) is 5.69 Å². The Morgan fingerprint density at radius 3 is 3.18 bits per heavy atom. The smallest absolute Gasteiger partial charge is 0.307 e. The van der Waals surface area contributed by atoms with Crippen molar-refractivity contribution in [2.45, 2.75) is 19.4 Å². The second kappa shape index (κ2) is 4.48. The maximum atomic E-state index is 11.6. The van der Waals surface area contributed by atoms with Gasteiger partial charge in [0.2, 0.25) is 0 Å². The Balaban J connectivity index is 2.18. The van der Waals surface area contributed by atoms with Crippen LogP contribution in [0, 0.1) is 0 Å². The predicted octanol–water partition coefficient (Wildman–Crippen LogP) is 0.308. The first kappa shape index (κ1) is 11.5. The van der Waals surface area contributed by atoms with Crippen molar-refractivity contribution in [2.75, 3.05) is 18.9 Å². The number of aromatic nitrogens is 1. The standard InChI is InChI=1S/C11H15N3O3/c1-2-17-10(15)4-8-5-13-11(16)9-3-7(12)6-14(8)9/h3,6,8H,2,4-5,12H2,1H3,(H,13,16). The summed E-state index contributed by atoms with van der Waals surface area (Å²) < 4.78 is 6.64. The zero-order valence-electron chi connectivity index (χ0n) is 9.60. The molecule has 1 aliphatic rings. The Bertz CT molecular complexity index is 453. The van der Waals surface area contributed by atoms with Gasteiger partial charge in [0.05, 0.1) is 24.8 Å². The summed E-state index contributed by atoms with van der Waals surface area (Å²) in [7, 11) is 0. The molecule has 1 aliphatic heterocycles. The average molecular weight is 237 g/mol. The number of amides is 1. The van der Waals surface area contributed by atoms with Crippen molar-refractivity contribution in [1.29, 1.82) is 0 Å². The van der Waals surface area contributed by atoms with Gasteiger partial charge in [-0.15, -0.1) is 0 Å². The molecule has 0 aliphatic carbocycles. The predicted molar refractivity (Wildman–Crippen MR) is 61.5 cm³/mol. The number of nitrogens with zero attached hydrogens (tertiary/aromatic N) is 1. The lowest BCUT2D eigenvalue weighted by atomic mass is 10.1. The van der Waals surface area contributed by atoms with Crippen molar-refractivity contribution in [2.24, 2.45) is 0 Å². The first-order valence-electron chi connectivity index (χ1n) is 5.53. The van der Waals surface area contributed by atoms with Crippen molar-refractivity contribution >= 4 is 17.6 Å². The van der Waals surface area contributed by atoms with E-state index in [1.54, 1.807) is 23.8 Å². The fourth-order valence-electron chi connectivity index (χ4n) is 1.97. The number of esters is 1. The van der Waals surface area contributed by atoms with Gasteiger partial charge in [0.15, 0.2) is 0 Å². The van der Waals surface area contributed by atoms with Gasteiger partial charge in [-0.3, -0.25) is 9.59 Å². The Morgan fingerprint density at radius 1 is 1.71 bits per heavy atom. The largest absolute Gasteiger partial charge is 0.466 e. The minimum Gasteiger partial charge on any atom is -0.466 e. The number of anilines is 1. The Hall–Kier alpha value is -1.98. The SMILES string of the molecule is CCOC(=O)CC1CNC(=O)c2cc(N)cn21. The lowest BCUT2D eigenvalue weighted by Gasteiger charge is -2.25. The van der Waals surface area contributed by atoms with E-state index in [2.05, 4.69) is 5.32 Å². The maximum absolute atomic E-state index is 11.6. The third kappa shape index (κ3) is 2.25. The van der Waals surface area contributed by atoms with Crippen molar-refractivity contribution in [3.63, 3.8) is 0 Å². The van der Waals surface area contributed by atoms with Crippen molar-refractivity contribution in [1.82, 2.24) is 9.88 Å². The van der Waals surface area contributed by atoms with E-state index in [-0.39, 0.29) is 24.3 Å². The number of carbonyl (C=O) groups excluding carboxylic acids is 2. The van der Waals surface area contributed by atoms with Gasteiger partial charge in [-0.1, -0.05) is 0 Å². The number of rotatable bonds is 3. The van der Waals surface area contributed by atoms with Gasteiger partial charge in [0.25, 0.3) is 5.91 Å². The molecule has 2 rings (SSSR count). The molecule has 0 aromatic carbocycles. The second-order valence-corrected chi connectivity index (χ2v) is 3.94. The zero-order chi connectivity index (χ0) is 12.4. The molecular formula is C11H15N3O3. The van der Waals surface area contributed by atoms with Crippen LogP contribution in [0.4, 0.5) is 5.69 Å². The highest BCUT2D eigenvalue weighted by Crippen LogP contribution is 2.23. The Morgan fingerprint density at radius 2 is 2.47 bits per heavy atom. The number of hydrogen-bond acceptors (Lipinski definition) is 4. The van der Waals surface area contributed by atoms with Gasteiger partial charge in [0, 0.05) is 12.7 Å². The number of ether oxygens (including phenoxy) is 1. The lowest BCUT2D eigenvalue weighted by Crippen LogP contribution is -2.39. The number of fused-ring (bicyclic) bond motifs is 1. The Kier molecular flexibility index (Phi) is 3.03. The van der Waals surface area contributed by atoms with Crippen LogP contribution in [0.2, 0.25) is 0 Å². The van der Waals surface area contributed by atoms with E-state index in [1.807, 2.05) is 0 Å². The topological polar surface area (TPSA) is 86.3 Å². The molecule has 17 heavy (non-hydrogen) atoms. The quantitative estimate of drug-likeness (QED) is 0.741. The molecule has 1 aromatic rings. The van der Waals surface area contributed by atoms with Crippen LogP contribution < -0.4 is 11.1 Å². The number of carbonyl (C=O) groups is 2. The van der Waals surface area contributed by atoms with Gasteiger partial charge in [-0.25, -0.2) is 0 Å². The van der Waals surface area contributed by atoms with E-state index in [9.17, 15) is 9.59 Å². The van der Waals surface area contributed by atoms with Crippen LogP contribution in [0.1, 0.15) is 29.9 Å². The van der Waals surface area contributed by atoms with Crippen LogP contribution in [-0.4, -0.2) is 29.6 Å². The molecule has 1 unspecified atom stereocenters. The van der Waals surface area contributed by atoms with Crippen molar-refractivity contribution < 1.29 is 14.3 Å². The number of nitrogens with one attached hydrogen (secondary N) is 1. The van der Waals surface area contributed by atoms with Crippen LogP contribution in [0.5, 0.6) is 0 Å². The summed E-state index contributed by atoms with van der Waals surface area (Å²) in [4.78, 5) is 23.0. The summed E-state index contributed by atoms with van der Waals surface area (Å²) in [6, 6.07) is 1.48. The van der Waals surface area contributed by atoms with Crippen LogP contribution >= 0.6 is 0 Å². The van der Waals surface area contributed by atoms with Gasteiger partial charge in [-0.2, -0.15) is 0 Å². The molecule has 6 heteroatoms. The van der Waals surface area contributed by atoms with E-state index < -0.39 is 0 Å². The summed E-state index contributed by atoms with van der Waals surface area (Å²) in [6.07, 6.45) is 1.91. The summed E-state index contributed by atoms with van der Waals surface area (Å²) in [5, 5.41) is 2.73. The summed E-state index contributed by atoms with van der Waals surface area (Å²) in [5.41, 5.74) is 6.66. The maximum Gasteiger partial charge on any atom is 0.307 e. The molecule has 0 spiro atoms. The molecule has 0 saturated heterocycles. The van der Waals surface area contributed by atoms with Crippen LogP contribution in [-0.2, 0) is 9.53 Å². The second-order valence-electron chi connectivity index (χ2n) is 3.94. The fourth-order valence-corrected chi connectivity index (χ4v) is 1.97. The molecule has 1 atom stereocenters. The Labute approximate surface area is 98.7 Å². The summed E-state index contributed by atoms with van der Waals surface area (Å²) in [5.74, 6) is -0.436. The van der Waals surface area contributed by atoms with E-state index in [4.69, 9.17) is 10.5 Å². The minimum atomic E-state index is -0.271. The number of nitrogen functional groups attached to an aromatic ring is 1. The molecule has 1 aromatic heterocycles. The summed E-state index contributed by atoms with van der Waals surface area (Å²) >= 11 is 0. The van der Waals surface area contributed by atoms with E-state index in [0.717, 1.165) is 0 Å². The van der Waals surface area contributed by atoms with E-state index in [1.165, 1.54) is 0 Å². The summed E-state index contributed by atoms with van der Waals surface area (Å²) in [6.45, 7) is 2.54. The molecule has 0 bridgehead atoms. The molecule has 0 fully saturated rings. The van der Waals surface area contributed by atoms with Crippen molar-refractivity contribution in [3.05, 3.63) is 18.0 Å². The highest BCUT2D eigenvalue weighted by Gasteiger charge is 2.27. The molecule has 3 N–H and O–H groups in total. The van der Waals surface area contributed by atoms with Gasteiger partial charge < -0.3 is 20.4 Å². The highest BCUT2D eigenvalue weighted by molar-refractivity contribution is 5.94. The number of nitrogens with two attached hydrogens (primary N) is 1. The monoisotopic (exact) mass is 237 g/mol. The molecule has 6 nitrogen and oxygen atoms in total. The molecule has 1 amide bonds. The highest BCUT2D eigenvalue weighted by atomic mass is 16.5. The van der Waals surface area contributed by atoms with Crippen LogP contribution in [0.3, 0.4) is 0 Å². The van der Waals surface area contributed by atoms with E-state index in [0.29, 0.717) is 24.5 Å². The van der Waals surface area contributed by atoms with Crippen molar-refractivity contribution in [3.8, 4) is 0 Å². The molecule has 0 saturated carbocycles. The van der Waals surface area contributed by atoms with E-state index >= 15 is 0 Å². The minimum absolute atomic E-state index is 0.126. The van der Waals surface area contributed by atoms with Crippen LogP contribution in [0.15, 0.2) is 12.3 Å². The lowest BCUT2D eigenvalue weighted by molar-refractivity contribution is -0.144. The first-order valence-corrected chi connectivity index (χ1v) is 5.53. The normalized spacial score (nSPS) is 18.4. The fraction of sp³-hybridized carbons (Fsp3) is 0.455. The first-order chi connectivity index (χ1) is 8.11. The third-order valence-corrected chi connectivity index (χ3v) is 2.70. The van der Waals surface area contributed by atoms with Gasteiger partial charge >= 0.3 is 5.97 Å². The number of hydrogen-bond donors (Lipinski definition) is 2. The van der Waals surface area contributed by atoms with Gasteiger partial charge in [-0.05, 0) is 13.0 Å². The molecular weight excluding hydrogens is 222 g/mol. The third-order valence-electron chi connectivity index (χ3n) is 2.70. The van der Waals surface area contributed by atoms with Crippen LogP contribution in [0.25, 0.3) is 0 Å². The molecule has 92 valence electrons. The zero-order valence-corrected chi connectivity index (χ0v) is 9.60. The molecule has 2 heterocycles. The average Bonchev–Trinajstić information content (AvgIpc) is 2.66.